The van der Waals surface area contributed by atoms with Crippen molar-refractivity contribution in [2.24, 2.45) is 0 Å². The van der Waals surface area contributed by atoms with Crippen LogP contribution in [0.5, 0.6) is 17.2 Å². The number of rotatable bonds is 11. The lowest BCUT2D eigenvalue weighted by atomic mass is 10.2. The van der Waals surface area contributed by atoms with Gasteiger partial charge in [-0.25, -0.2) is 18.1 Å². The van der Waals surface area contributed by atoms with Gasteiger partial charge in [-0.3, -0.25) is 19.7 Å². The normalized spacial score (nSPS) is 15.5. The van der Waals surface area contributed by atoms with Gasteiger partial charge in [-0.1, -0.05) is 0 Å². The Kier molecular flexibility index (Phi) is 6.67. The van der Waals surface area contributed by atoms with Crippen LogP contribution in [0, 0.1) is 21.7 Å². The average molecular weight is 518 g/mol. The first-order valence-corrected chi connectivity index (χ1v) is 12.6. The second-order valence-electron chi connectivity index (χ2n) is 8.20. The van der Waals surface area contributed by atoms with E-state index in [0.29, 0.717) is 31.7 Å². The molecule has 3 heterocycles. The van der Waals surface area contributed by atoms with Crippen molar-refractivity contribution in [1.29, 1.82) is 0 Å². The first kappa shape index (κ1) is 24.3. The van der Waals surface area contributed by atoms with Crippen LogP contribution in [-0.4, -0.2) is 45.4 Å². The lowest BCUT2D eigenvalue weighted by Crippen LogP contribution is -2.08. The second kappa shape index (κ2) is 9.90. The molecule has 0 unspecified atom stereocenters. The number of aromatic nitrogens is 1. The fourth-order valence-electron chi connectivity index (χ4n) is 3.50. The minimum Gasteiger partial charge on any atom is -0.483 e. The third-order valence-corrected chi connectivity index (χ3v) is 8.18. The van der Waals surface area contributed by atoms with E-state index >= 15 is 0 Å². The molecule has 36 heavy (non-hydrogen) atoms. The molecule has 2 aromatic carbocycles. The summed E-state index contributed by atoms with van der Waals surface area (Å²) in [5, 5.41) is 11.4. The molecule has 0 radical (unpaired) electrons. The lowest BCUT2D eigenvalue weighted by molar-refractivity contribution is -0.385. The van der Waals surface area contributed by atoms with Gasteiger partial charge < -0.3 is 14.0 Å². The molecule has 1 aromatic heterocycles. The summed E-state index contributed by atoms with van der Waals surface area (Å²) in [6.45, 7) is 2.18. The summed E-state index contributed by atoms with van der Waals surface area (Å²) in [5.41, 5.74) is 0.291. The predicted octanol–water partition coefficient (Wildman–Crippen LogP) is 4.90. The fraction of sp³-hybridized carbons (Fsp3) is 0.261. The zero-order valence-corrected chi connectivity index (χ0v) is 19.8. The van der Waals surface area contributed by atoms with Crippen LogP contribution < -0.4 is 9.47 Å². The van der Waals surface area contributed by atoms with Crippen molar-refractivity contribution in [3.63, 3.8) is 0 Å². The van der Waals surface area contributed by atoms with Crippen molar-refractivity contribution in [2.45, 2.75) is 13.2 Å². The molecule has 3 aromatic rings. The van der Waals surface area contributed by atoms with E-state index in [1.165, 1.54) is 30.6 Å². The number of hydrogen-bond acceptors (Lipinski definition) is 7. The Morgan fingerprint density at radius 1 is 1.00 bits per heavy atom. The van der Waals surface area contributed by atoms with E-state index in [0.717, 1.165) is 12.1 Å². The van der Waals surface area contributed by atoms with Gasteiger partial charge in [0.15, 0.2) is 17.4 Å². The van der Waals surface area contributed by atoms with Crippen molar-refractivity contribution in [3.05, 3.63) is 87.7 Å². The van der Waals surface area contributed by atoms with Crippen molar-refractivity contribution >= 4 is 13.4 Å². The quantitative estimate of drug-likeness (QED) is 0.152. The van der Waals surface area contributed by atoms with Gasteiger partial charge in [-0.15, -0.1) is 0 Å². The van der Waals surface area contributed by atoms with Gasteiger partial charge in [0, 0.05) is 38.4 Å². The fourth-order valence-corrected chi connectivity index (χ4v) is 5.69. The zero-order chi connectivity index (χ0) is 25.3. The van der Waals surface area contributed by atoms with Crippen LogP contribution in [0.4, 0.5) is 14.5 Å². The number of nitro groups is 1. The van der Waals surface area contributed by atoms with Crippen LogP contribution in [-0.2, 0) is 22.3 Å². The highest BCUT2D eigenvalue weighted by atomic mass is 31.2. The summed E-state index contributed by atoms with van der Waals surface area (Å²) in [4.78, 5) is 14.7. The summed E-state index contributed by atoms with van der Waals surface area (Å²) in [5.74, 6) is -2.28. The highest BCUT2D eigenvalue weighted by Crippen LogP contribution is 2.61. The Morgan fingerprint density at radius 3 is 2.28 bits per heavy atom. The van der Waals surface area contributed by atoms with E-state index in [-0.39, 0.29) is 36.0 Å². The molecule has 0 N–H and O–H groups in total. The first-order chi connectivity index (χ1) is 17.3. The number of hydrogen-bond donors (Lipinski definition) is 0. The Hall–Kier alpha value is -3.44. The summed E-state index contributed by atoms with van der Waals surface area (Å²) >= 11 is 0. The van der Waals surface area contributed by atoms with Crippen LogP contribution in [0.3, 0.4) is 0 Å². The Morgan fingerprint density at radius 2 is 1.69 bits per heavy atom. The molecule has 2 fully saturated rings. The maximum atomic E-state index is 14.7. The monoisotopic (exact) mass is 518 g/mol. The minimum atomic E-state index is -3.12. The molecule has 0 atom stereocenters. The van der Waals surface area contributed by atoms with E-state index in [1.807, 2.05) is 0 Å². The summed E-state index contributed by atoms with van der Waals surface area (Å²) in [6.07, 6.45) is 2.92. The van der Waals surface area contributed by atoms with Crippen molar-refractivity contribution in [1.82, 2.24) is 14.3 Å². The number of pyridine rings is 1. The number of ether oxygens (including phenoxy) is 2. The van der Waals surface area contributed by atoms with Gasteiger partial charge in [-0.2, -0.15) is 0 Å². The summed E-state index contributed by atoms with van der Waals surface area (Å²) < 4.78 is 62.3. The van der Waals surface area contributed by atoms with Gasteiger partial charge in [0.05, 0.1) is 17.7 Å². The van der Waals surface area contributed by atoms with Crippen molar-refractivity contribution in [2.75, 3.05) is 26.2 Å². The summed E-state index contributed by atoms with van der Waals surface area (Å²) in [6, 6.07) is 9.33. The van der Waals surface area contributed by atoms with E-state index < -0.39 is 30.0 Å². The molecule has 13 heteroatoms. The number of nitro benzene ring substituents is 1. The van der Waals surface area contributed by atoms with Gasteiger partial charge in [0.1, 0.15) is 12.4 Å². The van der Waals surface area contributed by atoms with E-state index in [9.17, 15) is 23.5 Å². The maximum absolute atomic E-state index is 14.7. The van der Waals surface area contributed by atoms with Gasteiger partial charge in [0.25, 0.3) is 0 Å². The second-order valence-corrected chi connectivity index (χ2v) is 10.6. The molecule has 0 amide bonds. The van der Waals surface area contributed by atoms with E-state index in [4.69, 9.17) is 14.0 Å². The zero-order valence-electron chi connectivity index (χ0n) is 18.9. The molecule has 2 saturated heterocycles. The van der Waals surface area contributed by atoms with E-state index in [1.54, 1.807) is 21.5 Å². The molecule has 5 rings (SSSR count). The van der Waals surface area contributed by atoms with Gasteiger partial charge in [0.2, 0.25) is 5.75 Å². The van der Waals surface area contributed by atoms with Gasteiger partial charge >= 0.3 is 13.4 Å². The summed E-state index contributed by atoms with van der Waals surface area (Å²) in [7, 11) is -3.12. The maximum Gasteiger partial charge on any atom is 0.346 e. The molecule has 0 saturated carbocycles. The molecule has 0 bridgehead atoms. The molecular formula is C23H21F2N4O6P. The van der Waals surface area contributed by atoms with E-state index in [2.05, 4.69) is 4.98 Å². The highest BCUT2D eigenvalue weighted by molar-refractivity contribution is 7.54. The predicted molar refractivity (Wildman–Crippen MR) is 124 cm³/mol. The molecule has 2 aliphatic rings. The molecular weight excluding hydrogens is 497 g/mol. The SMILES string of the molecule is O=[N+]([O-])c1ccc(COc2c(F)cc(COP(=O)(N3CC3)N3CC3)cc2F)cc1Oc1cccnc1. The van der Waals surface area contributed by atoms with Crippen molar-refractivity contribution in [3.8, 4) is 17.2 Å². The third kappa shape index (κ3) is 5.36. The molecule has 0 spiro atoms. The number of nitrogens with zero attached hydrogens (tertiary/aromatic N) is 4. The first-order valence-electron chi connectivity index (χ1n) is 11.0. The van der Waals surface area contributed by atoms with Crippen LogP contribution >= 0.6 is 7.67 Å². The highest BCUT2D eigenvalue weighted by Gasteiger charge is 2.49. The smallest absolute Gasteiger partial charge is 0.346 e. The van der Waals surface area contributed by atoms with Crippen LogP contribution in [0.1, 0.15) is 11.1 Å². The Labute approximate surface area is 204 Å². The van der Waals surface area contributed by atoms with Gasteiger partial charge in [-0.05, 0) is 47.5 Å². The molecule has 10 nitrogen and oxygen atoms in total. The molecule has 0 aliphatic carbocycles. The van der Waals surface area contributed by atoms with Crippen LogP contribution in [0.2, 0.25) is 0 Å². The number of halogens is 2. The Balaban J connectivity index is 1.27. The third-order valence-electron chi connectivity index (χ3n) is 5.49. The average Bonchev–Trinajstić information content (AvgIpc) is 3.76. The number of benzene rings is 2. The van der Waals surface area contributed by atoms with Crippen LogP contribution in [0.15, 0.2) is 54.9 Å². The van der Waals surface area contributed by atoms with Crippen LogP contribution in [0.25, 0.3) is 0 Å². The Bertz CT molecular complexity index is 1300. The topological polar surface area (TPSA) is 107 Å². The van der Waals surface area contributed by atoms with Crippen molar-refractivity contribution < 1.29 is 32.3 Å². The largest absolute Gasteiger partial charge is 0.483 e. The molecule has 188 valence electrons. The standard InChI is InChI=1S/C23H21F2N4O6P/c24-19-10-17(15-34-36(32,27-6-7-27)28-8-9-28)11-20(25)23(19)33-14-16-3-4-21(29(30)31)22(12-16)35-18-2-1-5-26-13-18/h1-5,10-13H,6-9,14-15H2. The lowest BCUT2D eigenvalue weighted by Gasteiger charge is -2.20. The minimum absolute atomic E-state index is 0.0650. The molecule has 2 aliphatic heterocycles.